The number of carbonyl (C=O) groups is 1. The van der Waals surface area contributed by atoms with Crippen molar-refractivity contribution in [1.82, 2.24) is 0 Å². The van der Waals surface area contributed by atoms with Crippen molar-refractivity contribution in [3.8, 4) is 0 Å². The van der Waals surface area contributed by atoms with Crippen LogP contribution in [0.3, 0.4) is 0 Å². The van der Waals surface area contributed by atoms with E-state index in [9.17, 15) is 45.0 Å². The molecule has 0 aromatic heterocycles. The van der Waals surface area contributed by atoms with Gasteiger partial charge in [-0.2, -0.15) is 30.7 Å². The van der Waals surface area contributed by atoms with Crippen LogP contribution in [0.25, 0.3) is 0 Å². The monoisotopic (exact) mass is 358 g/mol. The number of hydrogen-bond acceptors (Lipinski definition) is 3. The molecule has 0 rings (SSSR count). The van der Waals surface area contributed by atoms with Crippen molar-refractivity contribution < 1.29 is 49.8 Å². The normalized spacial score (nSPS) is 18.8. The Balaban J connectivity index is 5.66. The Morgan fingerprint density at radius 2 is 1.39 bits per heavy atom. The highest BCUT2D eigenvalue weighted by Gasteiger charge is 2.81. The number of aliphatic hydroxyl groups is 1. The standard InChI is InChI=1S/C12H14F8O3/c1-6(2)7(21)23-5-8(3,22)10(14,15)11(16,17)9(4,13)12(18,19)20/h22H,1,5H2,2-4H3. The maximum absolute atomic E-state index is 13.7. The molecular weight excluding hydrogens is 344 g/mol. The van der Waals surface area contributed by atoms with Crippen LogP contribution in [0.1, 0.15) is 20.8 Å². The van der Waals surface area contributed by atoms with Crippen LogP contribution in [-0.2, 0) is 9.53 Å². The molecule has 0 aromatic carbocycles. The molecule has 1 N–H and O–H groups in total. The van der Waals surface area contributed by atoms with Gasteiger partial charge in [0.2, 0.25) is 0 Å². The van der Waals surface area contributed by atoms with Crippen LogP contribution in [0.15, 0.2) is 12.2 Å². The van der Waals surface area contributed by atoms with Gasteiger partial charge in [-0.1, -0.05) is 6.58 Å². The van der Waals surface area contributed by atoms with E-state index in [-0.39, 0.29) is 12.5 Å². The molecule has 0 aliphatic heterocycles. The summed E-state index contributed by atoms with van der Waals surface area (Å²) in [5, 5.41) is 9.37. The van der Waals surface area contributed by atoms with Gasteiger partial charge in [-0.05, 0) is 20.8 Å². The second-order valence-corrected chi connectivity index (χ2v) is 5.28. The summed E-state index contributed by atoms with van der Waals surface area (Å²) in [6.07, 6.45) is -6.34. The maximum Gasteiger partial charge on any atom is 0.428 e. The molecule has 0 heterocycles. The van der Waals surface area contributed by atoms with E-state index in [0.29, 0.717) is 0 Å². The highest BCUT2D eigenvalue weighted by atomic mass is 19.4. The van der Waals surface area contributed by atoms with Crippen LogP contribution in [0.2, 0.25) is 0 Å². The Labute approximate surface area is 125 Å². The second kappa shape index (κ2) is 5.91. The number of hydrogen-bond donors (Lipinski definition) is 1. The van der Waals surface area contributed by atoms with Crippen molar-refractivity contribution in [3.05, 3.63) is 12.2 Å². The minimum absolute atomic E-state index is 0.0148. The quantitative estimate of drug-likeness (QED) is 0.450. The smallest absolute Gasteiger partial charge is 0.428 e. The molecule has 0 amide bonds. The maximum atomic E-state index is 13.7. The first-order chi connectivity index (χ1) is 9.83. The van der Waals surface area contributed by atoms with E-state index < -0.39 is 48.8 Å². The Morgan fingerprint density at radius 1 is 1.00 bits per heavy atom. The molecule has 23 heavy (non-hydrogen) atoms. The van der Waals surface area contributed by atoms with Gasteiger partial charge in [0.15, 0.2) is 5.60 Å². The first-order valence-electron chi connectivity index (χ1n) is 5.89. The van der Waals surface area contributed by atoms with Gasteiger partial charge in [-0.15, -0.1) is 0 Å². The van der Waals surface area contributed by atoms with E-state index in [1.54, 1.807) is 0 Å². The molecule has 3 nitrogen and oxygen atoms in total. The number of carbonyl (C=O) groups excluding carboxylic acids is 1. The highest BCUT2D eigenvalue weighted by Crippen LogP contribution is 2.55. The lowest BCUT2D eigenvalue weighted by Crippen LogP contribution is -2.69. The predicted molar refractivity (Wildman–Crippen MR) is 61.9 cm³/mol. The Bertz CT molecular complexity index is 479. The van der Waals surface area contributed by atoms with E-state index in [2.05, 4.69) is 11.3 Å². The summed E-state index contributed by atoms with van der Waals surface area (Å²) in [4.78, 5) is 11.0. The summed E-state index contributed by atoms with van der Waals surface area (Å²) in [5.74, 6) is -13.6. The van der Waals surface area contributed by atoms with Gasteiger partial charge in [-0.25, -0.2) is 9.18 Å². The third-order valence-corrected chi connectivity index (χ3v) is 3.03. The number of alkyl halides is 8. The molecule has 0 radical (unpaired) electrons. The molecule has 11 heteroatoms. The SMILES string of the molecule is C=C(C)C(=O)OCC(C)(O)C(F)(F)C(F)(F)C(C)(F)C(F)(F)F. The number of halogens is 8. The number of rotatable bonds is 6. The van der Waals surface area contributed by atoms with Crippen LogP contribution in [0, 0.1) is 0 Å². The van der Waals surface area contributed by atoms with E-state index in [0.717, 1.165) is 6.92 Å². The number of esters is 1. The van der Waals surface area contributed by atoms with Crippen molar-refractivity contribution in [2.24, 2.45) is 0 Å². The summed E-state index contributed by atoms with van der Waals surface area (Å²) >= 11 is 0. The summed E-state index contributed by atoms with van der Waals surface area (Å²) in [6.45, 7) is 1.49. The molecule has 0 aromatic rings. The zero-order valence-corrected chi connectivity index (χ0v) is 12.2. The lowest BCUT2D eigenvalue weighted by Gasteiger charge is -2.42. The molecule has 0 aliphatic rings. The van der Waals surface area contributed by atoms with Crippen molar-refractivity contribution in [2.45, 2.75) is 50.1 Å². The van der Waals surface area contributed by atoms with Crippen molar-refractivity contribution in [3.63, 3.8) is 0 Å². The van der Waals surface area contributed by atoms with Gasteiger partial charge in [-0.3, -0.25) is 0 Å². The summed E-state index contributed by atoms with van der Waals surface area (Å²) in [7, 11) is 0. The van der Waals surface area contributed by atoms with Crippen LogP contribution in [-0.4, -0.2) is 47.0 Å². The van der Waals surface area contributed by atoms with Crippen LogP contribution < -0.4 is 0 Å². The molecule has 0 spiro atoms. The van der Waals surface area contributed by atoms with Gasteiger partial charge in [0, 0.05) is 5.57 Å². The fraction of sp³-hybridized carbons (Fsp3) is 0.750. The molecule has 0 aliphatic carbocycles. The van der Waals surface area contributed by atoms with Gasteiger partial charge in [0.25, 0.3) is 5.67 Å². The Hall–Kier alpha value is -1.39. The largest absolute Gasteiger partial charge is 0.459 e. The highest BCUT2D eigenvalue weighted by molar-refractivity contribution is 5.86. The minimum Gasteiger partial charge on any atom is -0.459 e. The molecule has 0 bridgehead atoms. The third kappa shape index (κ3) is 3.59. The Kier molecular flexibility index (Phi) is 5.56. The van der Waals surface area contributed by atoms with Crippen molar-refractivity contribution >= 4 is 5.97 Å². The lowest BCUT2D eigenvalue weighted by molar-refractivity contribution is -0.377. The molecule has 0 fully saturated rings. The third-order valence-electron chi connectivity index (χ3n) is 3.03. The van der Waals surface area contributed by atoms with Crippen LogP contribution in [0.4, 0.5) is 35.1 Å². The van der Waals surface area contributed by atoms with Gasteiger partial charge in [0.05, 0.1) is 0 Å². The zero-order valence-electron chi connectivity index (χ0n) is 12.2. The summed E-state index contributed by atoms with van der Waals surface area (Å²) < 4.78 is 109. The van der Waals surface area contributed by atoms with Gasteiger partial charge < -0.3 is 9.84 Å². The van der Waals surface area contributed by atoms with Crippen LogP contribution >= 0.6 is 0 Å². The molecule has 0 saturated carbocycles. The fourth-order valence-electron chi connectivity index (χ4n) is 1.23. The van der Waals surface area contributed by atoms with Crippen molar-refractivity contribution in [1.29, 1.82) is 0 Å². The first-order valence-corrected chi connectivity index (χ1v) is 5.89. The van der Waals surface area contributed by atoms with Gasteiger partial charge in [0.1, 0.15) is 6.61 Å². The minimum atomic E-state index is -6.35. The molecule has 136 valence electrons. The van der Waals surface area contributed by atoms with Gasteiger partial charge >= 0.3 is 24.0 Å². The topological polar surface area (TPSA) is 46.5 Å². The summed E-state index contributed by atoms with van der Waals surface area (Å²) in [5.41, 5.74) is -9.98. The van der Waals surface area contributed by atoms with Crippen molar-refractivity contribution in [2.75, 3.05) is 6.61 Å². The van der Waals surface area contributed by atoms with E-state index >= 15 is 0 Å². The number of ether oxygens (including phenoxy) is 1. The second-order valence-electron chi connectivity index (χ2n) is 5.28. The van der Waals surface area contributed by atoms with Crippen LogP contribution in [0.5, 0.6) is 0 Å². The summed E-state index contributed by atoms with van der Waals surface area (Å²) in [6, 6.07) is 0. The lowest BCUT2D eigenvalue weighted by atomic mass is 9.84. The molecule has 0 saturated heterocycles. The molecule has 2 atom stereocenters. The predicted octanol–water partition coefficient (Wildman–Crippen LogP) is 3.42. The molecular formula is C12H14F8O3. The average molecular weight is 358 g/mol. The van der Waals surface area contributed by atoms with E-state index in [1.165, 1.54) is 0 Å². The first kappa shape index (κ1) is 21.6. The zero-order chi connectivity index (χ0) is 19.1. The van der Waals surface area contributed by atoms with E-state index in [1.807, 2.05) is 0 Å². The fourth-order valence-corrected chi connectivity index (χ4v) is 1.23. The molecule has 2 unspecified atom stereocenters. The average Bonchev–Trinajstić information content (AvgIpc) is 2.33. The Morgan fingerprint density at radius 3 is 1.70 bits per heavy atom. The van der Waals surface area contributed by atoms with E-state index in [4.69, 9.17) is 0 Å².